The van der Waals surface area contributed by atoms with Crippen molar-refractivity contribution in [2.24, 2.45) is 4.99 Å². The van der Waals surface area contributed by atoms with Gasteiger partial charge in [0.1, 0.15) is 18.0 Å². The van der Waals surface area contributed by atoms with Crippen LogP contribution in [-0.4, -0.2) is 33.7 Å². The van der Waals surface area contributed by atoms with Crippen molar-refractivity contribution in [3.05, 3.63) is 75.7 Å². The highest BCUT2D eigenvalue weighted by Gasteiger charge is 2.12. The van der Waals surface area contributed by atoms with E-state index in [0.717, 1.165) is 0 Å². The fraction of sp³-hybridized carbons (Fsp3) is 0.0952. The van der Waals surface area contributed by atoms with E-state index in [1.54, 1.807) is 37.3 Å². The van der Waals surface area contributed by atoms with Gasteiger partial charge in [-0.25, -0.2) is 9.48 Å². The molecule has 2 aromatic carbocycles. The van der Waals surface area contributed by atoms with Crippen molar-refractivity contribution >= 4 is 17.9 Å². The molecule has 0 aliphatic heterocycles. The molecule has 1 aromatic heterocycles. The molecule has 0 spiro atoms. The van der Waals surface area contributed by atoms with Crippen molar-refractivity contribution in [2.45, 2.75) is 6.92 Å². The summed E-state index contributed by atoms with van der Waals surface area (Å²) < 4.78 is 6.79. The monoisotopic (exact) mass is 375 g/mol. The second-order valence-electron chi connectivity index (χ2n) is 5.86. The average Bonchev–Trinajstić information content (AvgIpc) is 2.99. The molecule has 0 radical (unpaired) electrons. The molecule has 7 heteroatoms. The zero-order chi connectivity index (χ0) is 20.1. The van der Waals surface area contributed by atoms with E-state index in [-0.39, 0.29) is 17.7 Å². The molecule has 0 amide bonds. The number of H-pyrrole nitrogens is 1. The molecule has 0 unspecified atom stereocenters. The van der Waals surface area contributed by atoms with E-state index in [0.29, 0.717) is 28.4 Å². The Morgan fingerprint density at radius 3 is 2.68 bits per heavy atom. The zero-order valence-electron chi connectivity index (χ0n) is 15.0. The maximum Gasteiger partial charge on any atom is 0.335 e. The Hall–Kier alpha value is -4.05. The molecule has 0 aliphatic rings. The number of carboxylic acid groups (broad SMARTS) is 1. The number of aromatic nitrogens is 2. The van der Waals surface area contributed by atoms with Crippen LogP contribution >= 0.6 is 0 Å². The number of carboxylic acids is 1. The van der Waals surface area contributed by atoms with Crippen LogP contribution in [0.4, 0.5) is 5.69 Å². The lowest BCUT2D eigenvalue weighted by Gasteiger charge is -2.04. The molecule has 0 atom stereocenters. The van der Waals surface area contributed by atoms with E-state index in [9.17, 15) is 9.59 Å². The molecule has 0 fully saturated rings. The highest BCUT2D eigenvalue weighted by Crippen LogP contribution is 2.26. The Morgan fingerprint density at radius 2 is 2.00 bits per heavy atom. The molecule has 3 aromatic rings. The molecule has 140 valence electrons. The third-order valence-electron chi connectivity index (χ3n) is 4.00. The van der Waals surface area contributed by atoms with Crippen LogP contribution in [0.5, 0.6) is 5.75 Å². The van der Waals surface area contributed by atoms with Crippen molar-refractivity contribution in [1.82, 2.24) is 9.78 Å². The summed E-state index contributed by atoms with van der Waals surface area (Å²) in [5.74, 6) is 1.89. The first-order valence-electron chi connectivity index (χ1n) is 8.36. The van der Waals surface area contributed by atoms with Gasteiger partial charge in [0.15, 0.2) is 0 Å². The number of ether oxygens (including phenoxy) is 1. The van der Waals surface area contributed by atoms with E-state index >= 15 is 0 Å². The van der Waals surface area contributed by atoms with Gasteiger partial charge in [0, 0.05) is 11.9 Å². The van der Waals surface area contributed by atoms with Gasteiger partial charge in [0.05, 0.1) is 16.8 Å². The SMILES string of the molecule is C#CCOc1ccccc1N=Cc1c(C)[nH]n(-c2ccc(C(=O)O)cc2)c1=O. The predicted octanol–water partition coefficient (Wildman–Crippen LogP) is 2.93. The van der Waals surface area contributed by atoms with Gasteiger partial charge in [-0.15, -0.1) is 6.42 Å². The van der Waals surface area contributed by atoms with Crippen LogP contribution < -0.4 is 10.3 Å². The number of nitrogens with one attached hydrogen (secondary N) is 1. The summed E-state index contributed by atoms with van der Waals surface area (Å²) in [6.45, 7) is 1.88. The molecule has 0 bridgehead atoms. The zero-order valence-corrected chi connectivity index (χ0v) is 15.0. The second-order valence-corrected chi connectivity index (χ2v) is 5.86. The van der Waals surface area contributed by atoms with Gasteiger partial charge in [0.2, 0.25) is 0 Å². The summed E-state index contributed by atoms with van der Waals surface area (Å²) in [5, 5.41) is 12.0. The average molecular weight is 375 g/mol. The lowest BCUT2D eigenvalue weighted by atomic mass is 10.2. The van der Waals surface area contributed by atoms with Crippen molar-refractivity contribution < 1.29 is 14.6 Å². The summed E-state index contributed by atoms with van der Waals surface area (Å²) in [6.07, 6.45) is 6.69. The van der Waals surface area contributed by atoms with E-state index < -0.39 is 5.97 Å². The standard InChI is InChI=1S/C21H17N3O4/c1-3-12-28-19-7-5-4-6-18(19)22-13-17-14(2)23-24(20(17)25)16-10-8-15(9-11-16)21(26)27/h1,4-11,13,23H,12H2,2H3,(H,26,27). The highest BCUT2D eigenvalue weighted by molar-refractivity contribution is 5.87. The number of hydrogen-bond donors (Lipinski definition) is 2. The van der Waals surface area contributed by atoms with Crippen LogP contribution in [0.1, 0.15) is 21.6 Å². The van der Waals surface area contributed by atoms with Gasteiger partial charge in [0.25, 0.3) is 5.56 Å². The van der Waals surface area contributed by atoms with Gasteiger partial charge in [-0.2, -0.15) is 0 Å². The second kappa shape index (κ2) is 8.10. The number of aromatic carboxylic acids is 1. The third-order valence-corrected chi connectivity index (χ3v) is 4.00. The van der Waals surface area contributed by atoms with Gasteiger partial charge >= 0.3 is 5.97 Å². The van der Waals surface area contributed by atoms with Gasteiger partial charge in [-0.05, 0) is 43.3 Å². The number of terminal acetylenes is 1. The molecule has 1 heterocycles. The molecular formula is C21H17N3O4. The molecule has 28 heavy (non-hydrogen) atoms. The van der Waals surface area contributed by atoms with Crippen molar-refractivity contribution in [2.75, 3.05) is 6.61 Å². The summed E-state index contributed by atoms with van der Waals surface area (Å²) in [4.78, 5) is 28.1. The number of nitrogens with zero attached hydrogens (tertiary/aromatic N) is 2. The van der Waals surface area contributed by atoms with Gasteiger partial charge < -0.3 is 9.84 Å². The fourth-order valence-corrected chi connectivity index (χ4v) is 2.59. The van der Waals surface area contributed by atoms with Crippen LogP contribution in [0.15, 0.2) is 58.3 Å². The summed E-state index contributed by atoms with van der Waals surface area (Å²) in [5.41, 5.74) is 1.93. The van der Waals surface area contributed by atoms with Crippen LogP contribution in [0.25, 0.3) is 5.69 Å². The first-order chi connectivity index (χ1) is 13.5. The Morgan fingerprint density at radius 1 is 1.29 bits per heavy atom. The van der Waals surface area contributed by atoms with Gasteiger partial charge in [-0.1, -0.05) is 18.1 Å². The largest absolute Gasteiger partial charge is 0.479 e. The molecule has 0 saturated carbocycles. The maximum atomic E-state index is 12.8. The van der Waals surface area contributed by atoms with Crippen LogP contribution in [-0.2, 0) is 0 Å². The maximum absolute atomic E-state index is 12.8. The number of aliphatic imine (C=N–C) groups is 1. The first-order valence-corrected chi connectivity index (χ1v) is 8.36. The fourth-order valence-electron chi connectivity index (χ4n) is 2.59. The third kappa shape index (κ3) is 3.86. The molecule has 7 nitrogen and oxygen atoms in total. The quantitative estimate of drug-likeness (QED) is 0.511. The number of aryl methyl sites for hydroxylation is 1. The molecule has 2 N–H and O–H groups in total. The molecule has 3 rings (SSSR count). The number of benzene rings is 2. The van der Waals surface area contributed by atoms with Crippen molar-refractivity contribution in [3.8, 4) is 23.8 Å². The van der Waals surface area contributed by atoms with Crippen LogP contribution in [0.2, 0.25) is 0 Å². The smallest absolute Gasteiger partial charge is 0.335 e. The van der Waals surface area contributed by atoms with Crippen molar-refractivity contribution in [1.29, 1.82) is 0 Å². The van der Waals surface area contributed by atoms with E-state index in [1.807, 2.05) is 6.07 Å². The summed E-state index contributed by atoms with van der Waals surface area (Å²) in [6, 6.07) is 13.1. The molecule has 0 aliphatic carbocycles. The van der Waals surface area contributed by atoms with Crippen LogP contribution in [0.3, 0.4) is 0 Å². The van der Waals surface area contributed by atoms with E-state index in [1.165, 1.54) is 23.0 Å². The minimum absolute atomic E-state index is 0.120. The van der Waals surface area contributed by atoms with Crippen molar-refractivity contribution in [3.63, 3.8) is 0 Å². The molecular weight excluding hydrogens is 358 g/mol. The van der Waals surface area contributed by atoms with E-state index in [4.69, 9.17) is 16.3 Å². The summed E-state index contributed by atoms with van der Waals surface area (Å²) >= 11 is 0. The summed E-state index contributed by atoms with van der Waals surface area (Å²) in [7, 11) is 0. The van der Waals surface area contributed by atoms with E-state index in [2.05, 4.69) is 16.0 Å². The normalized spacial score (nSPS) is 10.7. The molecule has 0 saturated heterocycles. The number of aromatic amines is 1. The van der Waals surface area contributed by atoms with Crippen LogP contribution in [0, 0.1) is 19.3 Å². The Bertz CT molecular complexity index is 1130. The Kier molecular flexibility index (Phi) is 5.42. The minimum atomic E-state index is -1.03. The Balaban J connectivity index is 1.93. The highest BCUT2D eigenvalue weighted by atomic mass is 16.5. The number of para-hydroxylation sites is 2. The number of carbonyl (C=O) groups is 1. The lowest BCUT2D eigenvalue weighted by molar-refractivity contribution is 0.0697. The number of rotatable bonds is 6. The topological polar surface area (TPSA) is 96.7 Å². The first kappa shape index (κ1) is 18.7. The number of hydrogen-bond acceptors (Lipinski definition) is 4. The van der Waals surface area contributed by atoms with Gasteiger partial charge in [-0.3, -0.25) is 14.9 Å². The lowest BCUT2D eigenvalue weighted by Crippen LogP contribution is -2.17. The Labute approximate surface area is 160 Å². The minimum Gasteiger partial charge on any atom is -0.479 e. The predicted molar refractivity (Wildman–Crippen MR) is 106 cm³/mol.